The molecule has 4 aliphatic heterocycles. The molecular formula is C62H77ClN10O6. The molecule has 17 heteroatoms. The first-order valence-corrected chi connectivity index (χ1v) is 29.6. The van der Waals surface area contributed by atoms with Crippen LogP contribution in [0.4, 0.5) is 0 Å². The SMILES string of the molecule is Cc1nc(C)c(-c2ccc([C@H](CN3CCOCC3)NC(=O)[C@@H]3C[C@@H](O)CN3C(=O)[C@@H](n3cc(C4CCC(CN5CCC(c6ccc7c(c6)-n6c(nc(=O)c8c(Cl)cccc86)C76CCCCC6)CC5)CC4)nn3)C(C)(C)C)cc2)o1. The molecule has 0 unspecified atom stereocenters. The number of hydrogen-bond acceptors (Lipinski definition) is 12. The Kier molecular flexibility index (Phi) is 15.0. The fourth-order valence-electron chi connectivity index (χ4n) is 14.6. The number of fused-ring (bicyclic) bond motifs is 7. The summed E-state index contributed by atoms with van der Waals surface area (Å²) in [7, 11) is 0. The van der Waals surface area contributed by atoms with Crippen molar-refractivity contribution >= 4 is 34.3 Å². The number of likely N-dealkylation sites (tertiary alicyclic amines) is 2. The van der Waals surface area contributed by atoms with Crippen molar-refractivity contribution in [3.63, 3.8) is 0 Å². The summed E-state index contributed by atoms with van der Waals surface area (Å²) in [6.07, 6.45) is 13.2. The Balaban J connectivity index is 0.677. The molecule has 6 aromatic rings. The predicted molar refractivity (Wildman–Crippen MR) is 304 cm³/mol. The molecule has 0 bridgehead atoms. The third-order valence-corrected chi connectivity index (χ3v) is 19.0. The van der Waals surface area contributed by atoms with Crippen molar-refractivity contribution in [2.45, 2.75) is 153 Å². The van der Waals surface area contributed by atoms with E-state index in [1.807, 2.05) is 77.2 Å². The van der Waals surface area contributed by atoms with Gasteiger partial charge in [0.2, 0.25) is 11.8 Å². The molecule has 79 heavy (non-hydrogen) atoms. The largest absolute Gasteiger partial charge is 0.441 e. The van der Waals surface area contributed by atoms with Gasteiger partial charge >= 0.3 is 0 Å². The summed E-state index contributed by atoms with van der Waals surface area (Å²) in [5, 5.41) is 24.8. The monoisotopic (exact) mass is 1090 g/mol. The van der Waals surface area contributed by atoms with Crippen LogP contribution < -0.4 is 10.9 Å². The van der Waals surface area contributed by atoms with Gasteiger partial charge in [0.1, 0.15) is 17.9 Å². The number of aromatic nitrogens is 6. The van der Waals surface area contributed by atoms with Gasteiger partial charge in [0.25, 0.3) is 5.56 Å². The van der Waals surface area contributed by atoms with Crippen LogP contribution in [0.5, 0.6) is 0 Å². The first-order valence-electron chi connectivity index (χ1n) is 29.3. The molecule has 5 fully saturated rings. The minimum Gasteiger partial charge on any atom is -0.441 e. The van der Waals surface area contributed by atoms with E-state index in [9.17, 15) is 19.5 Å². The second-order valence-electron chi connectivity index (χ2n) is 25.0. The zero-order valence-corrected chi connectivity index (χ0v) is 47.4. The highest BCUT2D eigenvalue weighted by Crippen LogP contribution is 2.52. The number of benzene rings is 3. The number of aryl methyl sites for hydroxylation is 2. The van der Waals surface area contributed by atoms with Gasteiger partial charge in [-0.15, -0.1) is 5.10 Å². The van der Waals surface area contributed by atoms with Crippen molar-refractivity contribution in [3.05, 3.63) is 122 Å². The highest BCUT2D eigenvalue weighted by atomic mass is 35.5. The molecule has 2 aliphatic carbocycles. The number of morpholine rings is 1. The summed E-state index contributed by atoms with van der Waals surface area (Å²) >= 11 is 6.67. The van der Waals surface area contributed by atoms with Crippen LogP contribution in [-0.2, 0) is 19.7 Å². The number of amides is 2. The molecule has 4 atom stereocenters. The van der Waals surface area contributed by atoms with Crippen molar-refractivity contribution < 1.29 is 23.8 Å². The second-order valence-corrected chi connectivity index (χ2v) is 25.4. The summed E-state index contributed by atoms with van der Waals surface area (Å²) in [4.78, 5) is 58.8. The molecule has 418 valence electrons. The van der Waals surface area contributed by atoms with Crippen molar-refractivity contribution in [3.8, 4) is 17.0 Å². The van der Waals surface area contributed by atoms with Gasteiger partial charge in [-0.3, -0.25) is 23.9 Å². The normalized spacial score (nSPS) is 23.7. The first kappa shape index (κ1) is 53.8. The fourth-order valence-corrected chi connectivity index (χ4v) is 14.8. The van der Waals surface area contributed by atoms with E-state index in [1.54, 1.807) is 15.6 Å². The van der Waals surface area contributed by atoms with E-state index in [2.05, 4.69) is 48.1 Å². The van der Waals surface area contributed by atoms with E-state index in [1.165, 1.54) is 23.2 Å². The molecule has 2 N–H and O–H groups in total. The van der Waals surface area contributed by atoms with Gasteiger partial charge in [0, 0.05) is 63.7 Å². The number of carbonyl (C=O) groups excluding carboxylic acids is 2. The van der Waals surface area contributed by atoms with Crippen molar-refractivity contribution in [2.24, 2.45) is 11.3 Å². The molecule has 3 aromatic carbocycles. The maximum absolute atomic E-state index is 14.9. The van der Waals surface area contributed by atoms with Crippen LogP contribution in [0.3, 0.4) is 0 Å². The highest BCUT2D eigenvalue weighted by molar-refractivity contribution is 6.35. The number of aliphatic hydroxyl groups excluding tert-OH is 1. The van der Waals surface area contributed by atoms with Crippen LogP contribution in [0.15, 0.2) is 76.1 Å². The second kappa shape index (κ2) is 21.9. The third-order valence-electron chi connectivity index (χ3n) is 18.7. The van der Waals surface area contributed by atoms with Crippen LogP contribution >= 0.6 is 11.6 Å². The molecule has 16 nitrogen and oxygen atoms in total. The summed E-state index contributed by atoms with van der Waals surface area (Å²) in [6, 6.07) is 19.0. The van der Waals surface area contributed by atoms with Gasteiger partial charge in [0.05, 0.1) is 63.8 Å². The Morgan fingerprint density at radius 2 is 1.63 bits per heavy atom. The Labute approximate surface area is 468 Å². The number of nitrogens with zero attached hydrogens (tertiary/aromatic N) is 9. The number of rotatable bonds is 12. The van der Waals surface area contributed by atoms with E-state index in [4.69, 9.17) is 30.8 Å². The van der Waals surface area contributed by atoms with Crippen LogP contribution in [-0.4, -0.2) is 132 Å². The molecule has 6 aliphatic rings. The first-order chi connectivity index (χ1) is 38.1. The van der Waals surface area contributed by atoms with Crippen LogP contribution in [0, 0.1) is 25.2 Å². The zero-order valence-electron chi connectivity index (χ0n) is 46.6. The molecule has 3 aromatic heterocycles. The molecule has 2 saturated carbocycles. The summed E-state index contributed by atoms with van der Waals surface area (Å²) < 4.78 is 15.5. The minimum atomic E-state index is -0.859. The van der Waals surface area contributed by atoms with Crippen molar-refractivity contribution in [1.82, 2.24) is 49.5 Å². The highest BCUT2D eigenvalue weighted by Gasteiger charge is 2.48. The smallest absolute Gasteiger partial charge is 0.282 e. The third kappa shape index (κ3) is 10.5. The number of carbonyl (C=O) groups is 2. The minimum absolute atomic E-state index is 0.0604. The lowest BCUT2D eigenvalue weighted by molar-refractivity contribution is -0.144. The van der Waals surface area contributed by atoms with Crippen LogP contribution in [0.25, 0.3) is 27.9 Å². The standard InChI is InChI=1S/C62H77ClN10O6/c1-38-55(79-39(2)64-38)44-18-16-42(17-19-44)49(36-70-28-30-78-31-29-70)65-57(75)53-33-46(74)35-71(53)59(77)56(61(3,4)5)72-37-50(67-68-72)43-14-12-40(13-15-43)34-69-26-22-41(23-27-69)45-20-21-47-52(32-45)73-51-11-9-10-48(63)54(51)58(76)66-60(73)62(47)24-7-6-8-25-62/h9-11,16-21,32,37,40-41,43,46,49,53,56,74H,6-8,12-15,22-31,33-36H2,1-5H3,(H,65,75)/t40?,43?,46-,49+,53+,56-/m1/s1. The van der Waals surface area contributed by atoms with Gasteiger partial charge < -0.3 is 29.4 Å². The number of hydrogen-bond donors (Lipinski definition) is 2. The van der Waals surface area contributed by atoms with Gasteiger partial charge in [0.15, 0.2) is 11.7 Å². The van der Waals surface area contributed by atoms with Crippen LogP contribution in [0.2, 0.25) is 5.02 Å². The summed E-state index contributed by atoms with van der Waals surface area (Å²) in [5.41, 5.74) is 7.24. The van der Waals surface area contributed by atoms with Gasteiger partial charge in [-0.25, -0.2) is 9.67 Å². The van der Waals surface area contributed by atoms with Crippen molar-refractivity contribution in [1.29, 1.82) is 0 Å². The Morgan fingerprint density at radius 1 is 0.886 bits per heavy atom. The number of aliphatic hydroxyl groups is 1. The number of piperidine rings is 1. The lowest BCUT2D eigenvalue weighted by Crippen LogP contribution is -2.52. The molecule has 7 heterocycles. The number of β-amino-alcohol motifs (C(OH)–C–C–N with tert-alkyl or cyclic N) is 1. The van der Waals surface area contributed by atoms with Crippen LogP contribution in [0.1, 0.15) is 162 Å². The van der Waals surface area contributed by atoms with Gasteiger partial charge in [-0.1, -0.05) is 99.3 Å². The van der Waals surface area contributed by atoms with E-state index in [0.717, 1.165) is 137 Å². The molecule has 1 spiro atoms. The van der Waals surface area contributed by atoms with Gasteiger partial charge in [-0.05, 0) is 124 Å². The Bertz CT molecular complexity index is 3260. The van der Waals surface area contributed by atoms with Crippen molar-refractivity contribution in [2.75, 3.05) is 59.0 Å². The Morgan fingerprint density at radius 3 is 2.34 bits per heavy atom. The maximum atomic E-state index is 14.9. The number of ether oxygens (including phenoxy) is 1. The lowest BCUT2D eigenvalue weighted by atomic mass is 9.69. The number of oxazole rings is 1. The molecule has 2 amide bonds. The summed E-state index contributed by atoms with van der Waals surface area (Å²) in [6.45, 7) is 16.4. The Hall–Kier alpha value is -5.78. The quantitative estimate of drug-likeness (QED) is 0.119. The summed E-state index contributed by atoms with van der Waals surface area (Å²) in [5.74, 6) is 3.00. The van der Waals surface area contributed by atoms with E-state index >= 15 is 0 Å². The van der Waals surface area contributed by atoms with E-state index < -0.39 is 23.6 Å². The number of halogens is 1. The van der Waals surface area contributed by atoms with Gasteiger partial charge in [-0.2, -0.15) is 4.98 Å². The lowest BCUT2D eigenvalue weighted by Gasteiger charge is -2.37. The zero-order chi connectivity index (χ0) is 54.7. The molecule has 12 rings (SSSR count). The van der Waals surface area contributed by atoms with E-state index in [0.29, 0.717) is 47.9 Å². The average Bonchev–Trinajstić information content (AvgIpc) is 3.84. The molecule has 3 saturated heterocycles. The number of nitrogens with one attached hydrogen (secondary N) is 1. The topological polar surface area (TPSA) is 177 Å². The van der Waals surface area contributed by atoms with E-state index in [-0.39, 0.29) is 47.7 Å². The molecule has 0 radical (unpaired) electrons. The fraction of sp³-hybridized carbons (Fsp3) is 0.565. The predicted octanol–water partition coefficient (Wildman–Crippen LogP) is 9.36. The average molecular weight is 1090 g/mol. The maximum Gasteiger partial charge on any atom is 0.282 e. The molecular weight excluding hydrogens is 1020 g/mol.